The van der Waals surface area contributed by atoms with Crippen LogP contribution < -0.4 is 5.73 Å². The molecule has 4 heteroatoms. The van der Waals surface area contributed by atoms with Gasteiger partial charge in [0.15, 0.2) is 0 Å². The van der Waals surface area contributed by atoms with Gasteiger partial charge in [0, 0.05) is 13.2 Å². The third-order valence-electron chi connectivity index (χ3n) is 2.06. The molecule has 0 aliphatic carbocycles. The first kappa shape index (κ1) is 18.5. The van der Waals surface area contributed by atoms with Crippen LogP contribution in [0, 0.1) is 0 Å². The highest BCUT2D eigenvalue weighted by Gasteiger charge is 2.09. The average molecular weight is 249 g/mol. The Bertz CT molecular complexity index is 107. The lowest BCUT2D eigenvalue weighted by molar-refractivity contribution is 0.213. The molecule has 0 saturated carbocycles. The lowest BCUT2D eigenvalue weighted by atomic mass is 10.3. The van der Waals surface area contributed by atoms with E-state index in [9.17, 15) is 0 Å². The van der Waals surface area contributed by atoms with Crippen molar-refractivity contribution < 1.29 is 8.85 Å². The lowest BCUT2D eigenvalue weighted by Gasteiger charge is -2.13. The third kappa shape index (κ3) is 16.5. The van der Waals surface area contributed by atoms with Gasteiger partial charge in [-0.25, -0.2) is 0 Å². The molecule has 0 aliphatic heterocycles. The summed E-state index contributed by atoms with van der Waals surface area (Å²) in [7, 11) is -1.25. The van der Waals surface area contributed by atoms with E-state index in [0.717, 1.165) is 25.8 Å². The molecule has 0 heterocycles. The van der Waals surface area contributed by atoms with E-state index in [0.29, 0.717) is 0 Å². The molecule has 16 heavy (non-hydrogen) atoms. The van der Waals surface area contributed by atoms with E-state index in [1.807, 2.05) is 13.8 Å². The summed E-state index contributed by atoms with van der Waals surface area (Å²) in [4.78, 5) is 0. The minimum absolute atomic E-state index is 0.806. The van der Waals surface area contributed by atoms with Gasteiger partial charge in [0.1, 0.15) is 0 Å². The maximum Gasteiger partial charge on any atom is 0.321 e. The SMILES string of the molecule is CCCCN.CCCC[SiH](OCC)OCC. The van der Waals surface area contributed by atoms with Crippen molar-refractivity contribution >= 4 is 9.28 Å². The Hall–Kier alpha value is 0.0969. The summed E-state index contributed by atoms with van der Waals surface area (Å²) < 4.78 is 11.0. The molecule has 0 spiro atoms. The summed E-state index contributed by atoms with van der Waals surface area (Å²) in [6.45, 7) is 10.9. The van der Waals surface area contributed by atoms with Crippen molar-refractivity contribution in [3.8, 4) is 0 Å². The second-order valence-corrected chi connectivity index (χ2v) is 5.73. The highest BCUT2D eigenvalue weighted by atomic mass is 28.3. The van der Waals surface area contributed by atoms with Crippen molar-refractivity contribution in [1.29, 1.82) is 0 Å². The Labute approximate surface area is 104 Å². The molecule has 0 aromatic rings. The van der Waals surface area contributed by atoms with Crippen LogP contribution in [0.2, 0.25) is 6.04 Å². The van der Waals surface area contributed by atoms with Gasteiger partial charge in [-0.15, -0.1) is 0 Å². The zero-order valence-corrected chi connectivity index (χ0v) is 12.8. The molecule has 0 aromatic heterocycles. The third-order valence-corrected chi connectivity index (χ3v) is 4.35. The molecule has 100 valence electrons. The highest BCUT2D eigenvalue weighted by Crippen LogP contribution is 2.03. The topological polar surface area (TPSA) is 44.5 Å². The van der Waals surface area contributed by atoms with Gasteiger partial charge in [-0.3, -0.25) is 0 Å². The van der Waals surface area contributed by atoms with Gasteiger partial charge in [0.05, 0.1) is 0 Å². The van der Waals surface area contributed by atoms with Gasteiger partial charge in [-0.05, 0) is 32.9 Å². The molecule has 2 N–H and O–H groups in total. The van der Waals surface area contributed by atoms with Crippen molar-refractivity contribution in [2.24, 2.45) is 5.73 Å². The summed E-state index contributed by atoms with van der Waals surface area (Å²) in [6, 6.07) is 1.16. The first-order valence-corrected chi connectivity index (χ1v) is 8.45. The Morgan fingerprint density at radius 3 is 1.62 bits per heavy atom. The van der Waals surface area contributed by atoms with Crippen LogP contribution in [-0.2, 0) is 8.85 Å². The normalized spacial score (nSPS) is 10.1. The number of hydrogen-bond acceptors (Lipinski definition) is 3. The fraction of sp³-hybridized carbons (Fsp3) is 1.00. The smallest absolute Gasteiger partial charge is 0.321 e. The quantitative estimate of drug-likeness (QED) is 0.639. The lowest BCUT2D eigenvalue weighted by Crippen LogP contribution is -2.22. The van der Waals surface area contributed by atoms with E-state index >= 15 is 0 Å². The molecule has 0 fully saturated rings. The molecule has 0 aliphatic rings. The molecule has 0 aromatic carbocycles. The Balaban J connectivity index is 0. The number of nitrogens with two attached hydrogens (primary N) is 1. The van der Waals surface area contributed by atoms with Gasteiger partial charge in [-0.1, -0.05) is 33.1 Å². The first-order chi connectivity index (χ1) is 7.76. The highest BCUT2D eigenvalue weighted by molar-refractivity contribution is 6.44. The molecule has 0 rings (SSSR count). The van der Waals surface area contributed by atoms with Crippen LogP contribution >= 0.6 is 0 Å². The second kappa shape index (κ2) is 17.5. The molecular weight excluding hydrogens is 218 g/mol. The summed E-state index contributed by atoms with van der Waals surface area (Å²) in [5.41, 5.74) is 5.14. The predicted molar refractivity (Wildman–Crippen MR) is 74.1 cm³/mol. The average Bonchev–Trinajstić information content (AvgIpc) is 2.28. The Morgan fingerprint density at radius 1 is 0.875 bits per heavy atom. The molecule has 0 saturated heterocycles. The van der Waals surface area contributed by atoms with Crippen LogP contribution in [-0.4, -0.2) is 29.0 Å². The van der Waals surface area contributed by atoms with Gasteiger partial charge < -0.3 is 14.6 Å². The Kier molecular flexibility index (Phi) is 20.2. The van der Waals surface area contributed by atoms with E-state index in [1.54, 1.807) is 0 Å². The van der Waals surface area contributed by atoms with Crippen LogP contribution in [0.25, 0.3) is 0 Å². The fourth-order valence-electron chi connectivity index (χ4n) is 1.16. The number of unbranched alkanes of at least 4 members (excludes halogenated alkanes) is 2. The van der Waals surface area contributed by atoms with Crippen molar-refractivity contribution in [3.05, 3.63) is 0 Å². The fourth-order valence-corrected chi connectivity index (χ4v) is 3.08. The summed E-state index contributed by atoms with van der Waals surface area (Å²) >= 11 is 0. The standard InChI is InChI=1S/C8H20O2Si.C4H11N/c1-4-7-8-11(9-5-2)10-6-3;1-2-3-4-5/h11H,4-8H2,1-3H3;2-5H2,1H3. The monoisotopic (exact) mass is 249 g/mol. The van der Waals surface area contributed by atoms with Crippen molar-refractivity contribution in [3.63, 3.8) is 0 Å². The van der Waals surface area contributed by atoms with Crippen LogP contribution in [0.15, 0.2) is 0 Å². The van der Waals surface area contributed by atoms with E-state index in [-0.39, 0.29) is 0 Å². The van der Waals surface area contributed by atoms with Crippen LogP contribution in [0.5, 0.6) is 0 Å². The molecular formula is C12H31NO2Si. The summed E-state index contributed by atoms with van der Waals surface area (Å²) in [5, 5.41) is 0. The predicted octanol–water partition coefficient (Wildman–Crippen LogP) is 2.83. The van der Waals surface area contributed by atoms with Crippen molar-refractivity contribution in [2.75, 3.05) is 19.8 Å². The minimum Gasteiger partial charge on any atom is -0.397 e. The molecule has 0 amide bonds. The van der Waals surface area contributed by atoms with E-state index in [4.69, 9.17) is 14.6 Å². The van der Waals surface area contributed by atoms with Gasteiger partial charge in [-0.2, -0.15) is 0 Å². The maximum absolute atomic E-state index is 5.50. The number of hydrogen-bond donors (Lipinski definition) is 1. The zero-order valence-electron chi connectivity index (χ0n) is 11.6. The first-order valence-electron chi connectivity index (χ1n) is 6.69. The summed E-state index contributed by atoms with van der Waals surface area (Å²) in [5.74, 6) is 0. The van der Waals surface area contributed by atoms with Crippen molar-refractivity contribution in [2.45, 2.75) is 59.4 Å². The second-order valence-electron chi connectivity index (χ2n) is 3.62. The largest absolute Gasteiger partial charge is 0.397 e. The maximum atomic E-state index is 5.50. The number of rotatable bonds is 9. The minimum atomic E-state index is -1.25. The van der Waals surface area contributed by atoms with Gasteiger partial charge >= 0.3 is 9.28 Å². The van der Waals surface area contributed by atoms with Gasteiger partial charge in [0.2, 0.25) is 0 Å². The zero-order chi connectivity index (χ0) is 12.6. The van der Waals surface area contributed by atoms with Crippen LogP contribution in [0.1, 0.15) is 53.4 Å². The van der Waals surface area contributed by atoms with E-state index in [2.05, 4.69) is 13.8 Å². The summed E-state index contributed by atoms with van der Waals surface area (Å²) in [6.07, 6.45) is 4.87. The van der Waals surface area contributed by atoms with Crippen LogP contribution in [0.4, 0.5) is 0 Å². The molecule has 0 bridgehead atoms. The van der Waals surface area contributed by atoms with E-state index < -0.39 is 9.28 Å². The molecule has 0 radical (unpaired) electrons. The van der Waals surface area contributed by atoms with Crippen LogP contribution in [0.3, 0.4) is 0 Å². The van der Waals surface area contributed by atoms with Crippen molar-refractivity contribution in [1.82, 2.24) is 0 Å². The molecule has 3 nitrogen and oxygen atoms in total. The van der Waals surface area contributed by atoms with Gasteiger partial charge in [0.25, 0.3) is 0 Å². The Morgan fingerprint density at radius 2 is 1.38 bits per heavy atom. The van der Waals surface area contributed by atoms with E-state index in [1.165, 1.54) is 25.7 Å². The molecule has 0 atom stereocenters. The molecule has 0 unspecified atom stereocenters.